The van der Waals surface area contributed by atoms with Crippen molar-refractivity contribution < 1.29 is 9.53 Å². The Labute approximate surface area is 147 Å². The molecule has 3 heterocycles. The lowest BCUT2D eigenvalue weighted by Gasteiger charge is -2.33. The van der Waals surface area contributed by atoms with Gasteiger partial charge in [-0.05, 0) is 51.0 Å². The van der Waals surface area contributed by atoms with Gasteiger partial charge in [0.25, 0.3) is 5.91 Å². The average molecular weight is 341 g/mol. The van der Waals surface area contributed by atoms with Crippen LogP contribution in [0.15, 0.2) is 30.5 Å². The quantitative estimate of drug-likeness (QED) is 0.896. The first kappa shape index (κ1) is 17.1. The molecule has 3 rings (SSSR count). The zero-order valence-electron chi connectivity index (χ0n) is 14.6. The molecular formula is C18H23N5O2. The van der Waals surface area contributed by atoms with Crippen molar-refractivity contribution in [2.45, 2.75) is 32.7 Å². The Balaban J connectivity index is 1.68. The van der Waals surface area contributed by atoms with E-state index >= 15 is 0 Å². The van der Waals surface area contributed by atoms with E-state index in [0.29, 0.717) is 24.6 Å². The monoisotopic (exact) mass is 341 g/mol. The second-order valence-corrected chi connectivity index (χ2v) is 6.08. The Morgan fingerprint density at radius 1 is 1.40 bits per heavy atom. The minimum absolute atomic E-state index is 0.0547. The zero-order chi connectivity index (χ0) is 17.6. The van der Waals surface area contributed by atoms with Crippen molar-refractivity contribution in [2.75, 3.05) is 24.6 Å². The maximum atomic E-state index is 12.7. The van der Waals surface area contributed by atoms with E-state index in [-0.39, 0.29) is 11.9 Å². The van der Waals surface area contributed by atoms with Gasteiger partial charge in [-0.15, -0.1) is 5.10 Å². The number of hydrogen-bond acceptors (Lipinski definition) is 6. The number of pyridine rings is 1. The molecule has 0 saturated carbocycles. The minimum atomic E-state index is -0.151. The fourth-order valence-electron chi connectivity index (χ4n) is 2.98. The number of carbonyl (C=O) groups is 1. The summed E-state index contributed by atoms with van der Waals surface area (Å²) in [5.74, 6) is 1.08. The van der Waals surface area contributed by atoms with Crippen LogP contribution in [0.25, 0.3) is 0 Å². The molecule has 1 aliphatic heterocycles. The number of aromatic nitrogens is 3. The Morgan fingerprint density at radius 3 is 3.04 bits per heavy atom. The summed E-state index contributed by atoms with van der Waals surface area (Å²) in [5.41, 5.74) is 1.30. The van der Waals surface area contributed by atoms with E-state index in [1.165, 1.54) is 0 Å². The lowest BCUT2D eigenvalue weighted by atomic mass is 10.0. The van der Waals surface area contributed by atoms with Gasteiger partial charge < -0.3 is 15.0 Å². The molecule has 0 spiro atoms. The van der Waals surface area contributed by atoms with Crippen LogP contribution in [0.1, 0.15) is 35.8 Å². The summed E-state index contributed by atoms with van der Waals surface area (Å²) in [6.45, 7) is 5.87. The van der Waals surface area contributed by atoms with Crippen LogP contribution in [0.3, 0.4) is 0 Å². The molecule has 7 nitrogen and oxygen atoms in total. The summed E-state index contributed by atoms with van der Waals surface area (Å²) in [5, 5.41) is 11.2. The van der Waals surface area contributed by atoms with Gasteiger partial charge in [0.1, 0.15) is 5.56 Å². The first-order chi connectivity index (χ1) is 12.2. The van der Waals surface area contributed by atoms with Gasteiger partial charge in [-0.1, -0.05) is 0 Å². The summed E-state index contributed by atoms with van der Waals surface area (Å²) >= 11 is 0. The molecule has 0 unspecified atom stereocenters. The van der Waals surface area contributed by atoms with Gasteiger partial charge in [0.05, 0.1) is 6.61 Å². The van der Waals surface area contributed by atoms with Crippen molar-refractivity contribution in [3.05, 3.63) is 41.7 Å². The summed E-state index contributed by atoms with van der Waals surface area (Å²) in [6.07, 6.45) is 3.59. The molecule has 1 atom stereocenters. The van der Waals surface area contributed by atoms with Crippen LogP contribution >= 0.6 is 0 Å². The number of rotatable bonds is 5. The molecular weight excluding hydrogens is 318 g/mol. The molecule has 1 aliphatic rings. The fourth-order valence-corrected chi connectivity index (χ4v) is 2.98. The van der Waals surface area contributed by atoms with Gasteiger partial charge in [-0.2, -0.15) is 5.10 Å². The van der Waals surface area contributed by atoms with Gasteiger partial charge in [0.15, 0.2) is 5.82 Å². The van der Waals surface area contributed by atoms with Crippen molar-refractivity contribution >= 4 is 11.7 Å². The molecule has 0 bridgehead atoms. The number of amides is 1. The Hall–Kier alpha value is -2.70. The van der Waals surface area contributed by atoms with Crippen LogP contribution in [0, 0.1) is 6.92 Å². The van der Waals surface area contributed by atoms with Gasteiger partial charge in [0, 0.05) is 31.0 Å². The minimum Gasteiger partial charge on any atom is -0.477 e. The topological polar surface area (TPSA) is 80.2 Å². The zero-order valence-corrected chi connectivity index (χ0v) is 14.6. The van der Waals surface area contributed by atoms with E-state index in [1.807, 2.05) is 32.0 Å². The van der Waals surface area contributed by atoms with Gasteiger partial charge >= 0.3 is 0 Å². The number of anilines is 1. The van der Waals surface area contributed by atoms with Crippen molar-refractivity contribution in [3.8, 4) is 5.88 Å². The largest absolute Gasteiger partial charge is 0.477 e. The summed E-state index contributed by atoms with van der Waals surface area (Å²) in [6, 6.07) is 7.46. The highest BCUT2D eigenvalue weighted by Gasteiger charge is 2.24. The van der Waals surface area contributed by atoms with Gasteiger partial charge in [-0.25, -0.2) is 4.98 Å². The standard InChI is InChI=1S/C18H23N5O2/c1-3-25-18-15(9-8-13(2)20-18)17(24)21-14-6-5-11-23(12-14)16-7-4-10-19-22-16/h4,7-10,14H,3,5-6,11-12H2,1-2H3,(H,21,24)/t14-/m1/s1. The molecule has 7 heteroatoms. The van der Waals surface area contributed by atoms with Crippen molar-refractivity contribution in [3.63, 3.8) is 0 Å². The maximum absolute atomic E-state index is 12.7. The predicted octanol–water partition coefficient (Wildman–Crippen LogP) is 1.98. The lowest BCUT2D eigenvalue weighted by Crippen LogP contribution is -2.48. The number of hydrogen-bond donors (Lipinski definition) is 1. The maximum Gasteiger partial charge on any atom is 0.257 e. The lowest BCUT2D eigenvalue weighted by molar-refractivity contribution is 0.0928. The van der Waals surface area contributed by atoms with E-state index in [1.54, 1.807) is 12.3 Å². The molecule has 1 amide bonds. The average Bonchev–Trinajstić information content (AvgIpc) is 2.63. The Bertz CT molecular complexity index is 723. The molecule has 2 aromatic rings. The fraction of sp³-hybridized carbons (Fsp3) is 0.444. The van der Waals surface area contributed by atoms with Crippen LogP contribution in [0.4, 0.5) is 5.82 Å². The summed E-state index contributed by atoms with van der Waals surface area (Å²) in [7, 11) is 0. The summed E-state index contributed by atoms with van der Waals surface area (Å²) < 4.78 is 5.52. The second kappa shape index (κ2) is 7.92. The number of aryl methyl sites for hydroxylation is 1. The first-order valence-corrected chi connectivity index (χ1v) is 8.61. The molecule has 0 aliphatic carbocycles. The number of carbonyl (C=O) groups excluding carboxylic acids is 1. The SMILES string of the molecule is CCOc1nc(C)ccc1C(=O)N[C@@H]1CCCN(c2cccnn2)C1. The van der Waals surface area contributed by atoms with Gasteiger partial charge in [0.2, 0.25) is 5.88 Å². The normalized spacial score (nSPS) is 17.2. The molecule has 1 N–H and O–H groups in total. The van der Waals surface area contributed by atoms with E-state index in [4.69, 9.17) is 4.74 Å². The predicted molar refractivity (Wildman–Crippen MR) is 94.9 cm³/mol. The van der Waals surface area contributed by atoms with Crippen LogP contribution in [0.5, 0.6) is 5.88 Å². The number of nitrogens with zero attached hydrogens (tertiary/aromatic N) is 4. The Morgan fingerprint density at radius 2 is 2.28 bits per heavy atom. The van der Waals surface area contributed by atoms with Crippen molar-refractivity contribution in [2.24, 2.45) is 0 Å². The highest BCUT2D eigenvalue weighted by Crippen LogP contribution is 2.19. The summed E-state index contributed by atoms with van der Waals surface area (Å²) in [4.78, 5) is 19.2. The molecule has 1 saturated heterocycles. The Kier molecular flexibility index (Phi) is 5.42. The third-order valence-electron chi connectivity index (χ3n) is 4.16. The number of ether oxygens (including phenoxy) is 1. The highest BCUT2D eigenvalue weighted by molar-refractivity contribution is 5.96. The van der Waals surface area contributed by atoms with E-state index in [0.717, 1.165) is 30.9 Å². The van der Waals surface area contributed by atoms with E-state index in [9.17, 15) is 4.79 Å². The van der Waals surface area contributed by atoms with Crippen LogP contribution in [-0.4, -0.2) is 46.8 Å². The van der Waals surface area contributed by atoms with Crippen molar-refractivity contribution in [1.29, 1.82) is 0 Å². The molecule has 2 aromatic heterocycles. The molecule has 132 valence electrons. The molecule has 0 aromatic carbocycles. The van der Waals surface area contributed by atoms with E-state index in [2.05, 4.69) is 25.4 Å². The van der Waals surface area contributed by atoms with Crippen molar-refractivity contribution in [1.82, 2.24) is 20.5 Å². The van der Waals surface area contributed by atoms with Crippen LogP contribution in [-0.2, 0) is 0 Å². The highest BCUT2D eigenvalue weighted by atomic mass is 16.5. The smallest absolute Gasteiger partial charge is 0.257 e. The number of piperidine rings is 1. The molecule has 25 heavy (non-hydrogen) atoms. The van der Waals surface area contributed by atoms with Crippen LogP contribution < -0.4 is 15.0 Å². The van der Waals surface area contributed by atoms with Crippen LogP contribution in [0.2, 0.25) is 0 Å². The first-order valence-electron chi connectivity index (χ1n) is 8.61. The van der Waals surface area contributed by atoms with E-state index < -0.39 is 0 Å². The number of nitrogens with one attached hydrogen (secondary N) is 1. The molecule has 1 fully saturated rings. The van der Waals surface area contributed by atoms with Gasteiger partial charge in [-0.3, -0.25) is 4.79 Å². The third-order valence-corrected chi connectivity index (χ3v) is 4.16. The second-order valence-electron chi connectivity index (χ2n) is 6.08. The third kappa shape index (κ3) is 4.23. The molecule has 0 radical (unpaired) electrons.